The van der Waals surface area contributed by atoms with E-state index < -0.39 is 0 Å². The maximum atomic E-state index is 12.7. The fourth-order valence-electron chi connectivity index (χ4n) is 4.08. The van der Waals surface area contributed by atoms with Gasteiger partial charge in [-0.05, 0) is 49.1 Å². The molecule has 150 valence electrons. The molecule has 2 aromatic carbocycles. The summed E-state index contributed by atoms with van der Waals surface area (Å²) in [6.07, 6.45) is 2.07. The van der Waals surface area contributed by atoms with Crippen molar-refractivity contribution in [3.63, 3.8) is 0 Å². The van der Waals surface area contributed by atoms with Crippen LogP contribution in [0.2, 0.25) is 0 Å². The van der Waals surface area contributed by atoms with Crippen LogP contribution < -0.4 is 5.32 Å². The predicted molar refractivity (Wildman–Crippen MR) is 115 cm³/mol. The molecule has 1 N–H and O–H groups in total. The van der Waals surface area contributed by atoms with E-state index in [4.69, 9.17) is 0 Å². The Labute approximate surface area is 172 Å². The van der Waals surface area contributed by atoms with Crippen LogP contribution in [0.4, 0.5) is 0 Å². The maximum Gasteiger partial charge on any atom is 0.271 e. The van der Waals surface area contributed by atoms with Gasteiger partial charge in [0.2, 0.25) is 0 Å². The zero-order valence-corrected chi connectivity index (χ0v) is 17.1. The summed E-state index contributed by atoms with van der Waals surface area (Å²) in [6, 6.07) is 20.7. The molecule has 0 spiro atoms. The van der Waals surface area contributed by atoms with Gasteiger partial charge in [-0.3, -0.25) is 9.69 Å². The van der Waals surface area contributed by atoms with Crippen LogP contribution >= 0.6 is 0 Å². The summed E-state index contributed by atoms with van der Waals surface area (Å²) < 4.78 is 1.81. The molecule has 0 saturated heterocycles. The van der Waals surface area contributed by atoms with Crippen molar-refractivity contribution in [1.82, 2.24) is 20.0 Å². The summed E-state index contributed by atoms with van der Waals surface area (Å²) in [5, 5.41) is 7.62. The van der Waals surface area contributed by atoms with Gasteiger partial charge in [0.15, 0.2) is 5.69 Å². The van der Waals surface area contributed by atoms with Crippen molar-refractivity contribution in [3.8, 4) is 5.69 Å². The van der Waals surface area contributed by atoms with Crippen molar-refractivity contribution < 1.29 is 4.79 Å². The van der Waals surface area contributed by atoms with E-state index in [1.807, 2.05) is 48.0 Å². The third kappa shape index (κ3) is 4.25. The number of benzene rings is 2. The average molecular weight is 389 g/mol. The quantitative estimate of drug-likeness (QED) is 0.700. The minimum absolute atomic E-state index is 0.112. The van der Waals surface area contributed by atoms with Crippen LogP contribution in [-0.2, 0) is 13.0 Å². The lowest BCUT2D eigenvalue weighted by molar-refractivity contribution is 0.0921. The van der Waals surface area contributed by atoms with E-state index in [9.17, 15) is 4.79 Å². The first kappa shape index (κ1) is 19.4. The fraction of sp³-hybridized carbons (Fsp3) is 0.333. The van der Waals surface area contributed by atoms with Crippen molar-refractivity contribution in [1.29, 1.82) is 0 Å². The molecule has 0 radical (unpaired) electrons. The molecular weight excluding hydrogens is 360 g/mol. The zero-order valence-electron chi connectivity index (χ0n) is 17.1. The molecule has 1 aliphatic heterocycles. The molecule has 1 amide bonds. The number of nitrogens with one attached hydrogen (secondary N) is 1. The van der Waals surface area contributed by atoms with Crippen LogP contribution in [0.15, 0.2) is 60.7 Å². The Morgan fingerprint density at radius 3 is 2.59 bits per heavy atom. The minimum Gasteiger partial charge on any atom is -0.349 e. The second-order valence-electron chi connectivity index (χ2n) is 7.68. The molecule has 1 aliphatic rings. The third-order valence-electron chi connectivity index (χ3n) is 5.77. The Balaban J connectivity index is 1.40. The second-order valence-corrected chi connectivity index (χ2v) is 7.68. The van der Waals surface area contributed by atoms with Crippen LogP contribution in [0.25, 0.3) is 5.69 Å². The first-order chi connectivity index (χ1) is 14.2. The van der Waals surface area contributed by atoms with Gasteiger partial charge in [0, 0.05) is 31.4 Å². The number of aromatic nitrogens is 2. The van der Waals surface area contributed by atoms with Crippen molar-refractivity contribution in [3.05, 3.63) is 83.2 Å². The van der Waals surface area contributed by atoms with Crippen LogP contribution in [0.3, 0.4) is 0 Å². The second kappa shape index (κ2) is 8.62. The molecule has 0 aliphatic carbocycles. The van der Waals surface area contributed by atoms with Crippen molar-refractivity contribution >= 4 is 5.91 Å². The molecule has 1 aromatic heterocycles. The van der Waals surface area contributed by atoms with E-state index in [0.717, 1.165) is 37.3 Å². The molecule has 0 saturated carbocycles. The smallest absolute Gasteiger partial charge is 0.271 e. The highest BCUT2D eigenvalue weighted by Crippen LogP contribution is 2.21. The van der Waals surface area contributed by atoms with Crippen molar-refractivity contribution in [2.45, 2.75) is 39.3 Å². The summed E-state index contributed by atoms with van der Waals surface area (Å²) in [6.45, 7) is 6.77. The topological polar surface area (TPSA) is 50.2 Å². The highest BCUT2D eigenvalue weighted by atomic mass is 16.1. The van der Waals surface area contributed by atoms with Gasteiger partial charge in [-0.25, -0.2) is 4.68 Å². The molecular formula is C24H28N4O. The number of fused-ring (bicyclic) bond motifs is 1. The summed E-state index contributed by atoms with van der Waals surface area (Å²) in [5.74, 6) is -0.112. The lowest BCUT2D eigenvalue weighted by Crippen LogP contribution is -2.45. The van der Waals surface area contributed by atoms with E-state index in [2.05, 4.69) is 46.5 Å². The lowest BCUT2D eigenvalue weighted by atomic mass is 9.98. The standard InChI is InChI=1S/C24H28N4O/c1-3-21(27-14-13-19-9-7-8-10-20(19)17-27)16-25-24(29)23-15-18(2)28(26-23)22-11-5-4-6-12-22/h4-12,15,21H,3,13-14,16-17H2,1-2H3,(H,25,29). The minimum atomic E-state index is -0.112. The summed E-state index contributed by atoms with van der Waals surface area (Å²) in [7, 11) is 0. The molecule has 4 rings (SSSR count). The summed E-state index contributed by atoms with van der Waals surface area (Å²) in [5.41, 5.74) is 5.22. The Morgan fingerprint density at radius 1 is 1.10 bits per heavy atom. The number of hydrogen-bond acceptors (Lipinski definition) is 3. The number of carbonyl (C=O) groups is 1. The molecule has 5 nitrogen and oxygen atoms in total. The van der Waals surface area contributed by atoms with Gasteiger partial charge in [0.25, 0.3) is 5.91 Å². The van der Waals surface area contributed by atoms with E-state index in [-0.39, 0.29) is 5.91 Å². The number of rotatable bonds is 6. The molecule has 3 aromatic rings. The van der Waals surface area contributed by atoms with E-state index >= 15 is 0 Å². The zero-order chi connectivity index (χ0) is 20.2. The predicted octanol–water partition coefficient (Wildman–Crippen LogP) is 3.75. The maximum absolute atomic E-state index is 12.7. The van der Waals surface area contributed by atoms with Gasteiger partial charge < -0.3 is 5.32 Å². The monoisotopic (exact) mass is 388 g/mol. The first-order valence-electron chi connectivity index (χ1n) is 10.4. The Hall–Kier alpha value is -2.92. The highest BCUT2D eigenvalue weighted by Gasteiger charge is 2.23. The largest absolute Gasteiger partial charge is 0.349 e. The average Bonchev–Trinajstić information content (AvgIpc) is 3.16. The third-order valence-corrected chi connectivity index (χ3v) is 5.77. The number of carbonyl (C=O) groups excluding carboxylic acids is 1. The number of para-hydroxylation sites is 1. The molecule has 5 heteroatoms. The number of aryl methyl sites for hydroxylation is 1. The van der Waals surface area contributed by atoms with Gasteiger partial charge in [-0.1, -0.05) is 49.4 Å². The fourth-order valence-corrected chi connectivity index (χ4v) is 4.08. The Morgan fingerprint density at radius 2 is 1.83 bits per heavy atom. The van der Waals surface area contributed by atoms with Crippen LogP contribution in [0, 0.1) is 6.92 Å². The van der Waals surface area contributed by atoms with Gasteiger partial charge in [0.05, 0.1) is 5.69 Å². The van der Waals surface area contributed by atoms with Crippen molar-refractivity contribution in [2.75, 3.05) is 13.1 Å². The molecule has 29 heavy (non-hydrogen) atoms. The van der Waals surface area contributed by atoms with Gasteiger partial charge in [-0.2, -0.15) is 5.10 Å². The van der Waals surface area contributed by atoms with Gasteiger partial charge >= 0.3 is 0 Å². The van der Waals surface area contributed by atoms with E-state index in [0.29, 0.717) is 18.3 Å². The Kier molecular flexibility index (Phi) is 5.76. The summed E-state index contributed by atoms with van der Waals surface area (Å²) >= 11 is 0. The van der Waals surface area contributed by atoms with Crippen LogP contribution in [0.1, 0.15) is 40.7 Å². The SMILES string of the molecule is CCC(CNC(=O)c1cc(C)n(-c2ccccc2)n1)N1CCc2ccccc2C1. The highest BCUT2D eigenvalue weighted by molar-refractivity contribution is 5.92. The first-order valence-corrected chi connectivity index (χ1v) is 10.4. The summed E-state index contributed by atoms with van der Waals surface area (Å²) in [4.78, 5) is 15.2. The normalized spacial score (nSPS) is 15.0. The number of amides is 1. The van der Waals surface area contributed by atoms with Crippen molar-refractivity contribution in [2.24, 2.45) is 0 Å². The van der Waals surface area contributed by atoms with Crippen LogP contribution in [0.5, 0.6) is 0 Å². The molecule has 0 bridgehead atoms. The number of hydrogen-bond donors (Lipinski definition) is 1. The lowest BCUT2D eigenvalue weighted by Gasteiger charge is -2.35. The molecule has 1 atom stereocenters. The Bertz CT molecular complexity index is 980. The van der Waals surface area contributed by atoms with E-state index in [1.165, 1.54) is 11.1 Å². The molecule has 2 heterocycles. The van der Waals surface area contributed by atoms with E-state index in [1.54, 1.807) is 0 Å². The van der Waals surface area contributed by atoms with Gasteiger partial charge in [0.1, 0.15) is 0 Å². The number of nitrogens with zero attached hydrogens (tertiary/aromatic N) is 3. The van der Waals surface area contributed by atoms with Crippen LogP contribution in [-0.4, -0.2) is 39.7 Å². The van der Waals surface area contributed by atoms with Gasteiger partial charge in [-0.15, -0.1) is 0 Å². The molecule has 0 fully saturated rings. The molecule has 1 unspecified atom stereocenters.